The van der Waals surface area contributed by atoms with Gasteiger partial charge >= 0.3 is 5.97 Å². The van der Waals surface area contributed by atoms with Crippen molar-refractivity contribution in [3.63, 3.8) is 0 Å². The highest BCUT2D eigenvalue weighted by Crippen LogP contribution is 2.07. The van der Waals surface area contributed by atoms with Gasteiger partial charge in [0.15, 0.2) is 0 Å². The summed E-state index contributed by atoms with van der Waals surface area (Å²) in [5.74, 6) is -0.231. The van der Waals surface area contributed by atoms with Gasteiger partial charge in [0, 0.05) is 13.0 Å². The number of carbonyl (C=O) groups is 1. The molecule has 1 fully saturated rings. The van der Waals surface area contributed by atoms with Crippen LogP contribution in [0.3, 0.4) is 0 Å². The molecule has 0 aromatic rings. The number of hydrogen-bond acceptors (Lipinski definition) is 4. The average molecular weight is 187 g/mol. The minimum atomic E-state index is -0.399. The van der Waals surface area contributed by atoms with Crippen LogP contribution in [0.1, 0.15) is 26.2 Å². The van der Waals surface area contributed by atoms with Crippen molar-refractivity contribution in [3.8, 4) is 0 Å². The van der Waals surface area contributed by atoms with E-state index in [1.807, 2.05) is 6.92 Å². The number of hydrogen-bond donors (Lipinski definition) is 2. The molecular formula is C9H17NO3. The van der Waals surface area contributed by atoms with Gasteiger partial charge in [-0.3, -0.25) is 4.79 Å². The van der Waals surface area contributed by atoms with Gasteiger partial charge in [-0.05, 0) is 6.42 Å². The predicted octanol–water partition coefficient (Wildman–Crippen LogP) is 0.0525. The zero-order chi connectivity index (χ0) is 9.68. The van der Waals surface area contributed by atoms with Gasteiger partial charge in [-0.1, -0.05) is 13.3 Å². The van der Waals surface area contributed by atoms with Gasteiger partial charge in [0.05, 0.1) is 12.7 Å². The Bertz CT molecular complexity index is 172. The lowest BCUT2D eigenvalue weighted by Gasteiger charge is -2.09. The van der Waals surface area contributed by atoms with Crippen LogP contribution in [0, 0.1) is 0 Å². The molecule has 0 bridgehead atoms. The minimum absolute atomic E-state index is 0.231. The Morgan fingerprint density at radius 1 is 1.69 bits per heavy atom. The second-order valence-electron chi connectivity index (χ2n) is 3.37. The first-order valence-corrected chi connectivity index (χ1v) is 4.82. The second-order valence-corrected chi connectivity index (χ2v) is 3.37. The largest absolute Gasteiger partial charge is 0.465 e. The van der Waals surface area contributed by atoms with E-state index in [2.05, 4.69) is 5.32 Å². The molecular weight excluding hydrogens is 170 g/mol. The molecule has 13 heavy (non-hydrogen) atoms. The number of rotatable bonds is 4. The number of ether oxygens (including phenoxy) is 1. The van der Waals surface area contributed by atoms with E-state index in [1.165, 1.54) is 0 Å². The Kier molecular flexibility index (Phi) is 4.18. The topological polar surface area (TPSA) is 58.6 Å². The molecule has 4 heteroatoms. The van der Waals surface area contributed by atoms with Gasteiger partial charge in [0.1, 0.15) is 6.04 Å². The molecule has 1 aliphatic heterocycles. The summed E-state index contributed by atoms with van der Waals surface area (Å²) in [7, 11) is 0. The lowest BCUT2D eigenvalue weighted by molar-refractivity contribution is -0.146. The van der Waals surface area contributed by atoms with Crippen molar-refractivity contribution in [3.05, 3.63) is 0 Å². The molecule has 0 aromatic heterocycles. The summed E-state index contributed by atoms with van der Waals surface area (Å²) < 4.78 is 5.00. The molecule has 0 spiro atoms. The van der Waals surface area contributed by atoms with Crippen molar-refractivity contribution >= 4 is 5.97 Å². The summed E-state index contributed by atoms with van der Waals surface area (Å²) >= 11 is 0. The van der Waals surface area contributed by atoms with Crippen molar-refractivity contribution in [2.75, 3.05) is 13.2 Å². The second kappa shape index (κ2) is 5.19. The monoisotopic (exact) mass is 187 g/mol. The Labute approximate surface area is 78.3 Å². The maximum Gasteiger partial charge on any atom is 0.323 e. The van der Waals surface area contributed by atoms with Gasteiger partial charge in [0.25, 0.3) is 0 Å². The highest BCUT2D eigenvalue weighted by Gasteiger charge is 2.28. The summed E-state index contributed by atoms with van der Waals surface area (Å²) in [6.07, 6.45) is 2.00. The first-order chi connectivity index (χ1) is 6.24. The summed E-state index contributed by atoms with van der Waals surface area (Å²) in [6.45, 7) is 3.03. The van der Waals surface area contributed by atoms with Crippen LogP contribution in [0.2, 0.25) is 0 Å². The van der Waals surface area contributed by atoms with E-state index in [1.54, 1.807) is 0 Å². The van der Waals surface area contributed by atoms with Gasteiger partial charge in [0.2, 0.25) is 0 Å². The van der Waals surface area contributed by atoms with Crippen molar-refractivity contribution in [1.29, 1.82) is 0 Å². The lowest BCUT2D eigenvalue weighted by Crippen LogP contribution is -2.32. The molecule has 1 aliphatic rings. The van der Waals surface area contributed by atoms with Gasteiger partial charge in [-0.25, -0.2) is 0 Å². The molecule has 0 aliphatic carbocycles. The SMILES string of the molecule is CCCCOC(=O)[C@@H]1CC(O)CN1. The van der Waals surface area contributed by atoms with Crippen LogP contribution < -0.4 is 5.32 Å². The fourth-order valence-electron chi connectivity index (χ4n) is 1.31. The summed E-state index contributed by atoms with van der Waals surface area (Å²) in [5, 5.41) is 12.1. The van der Waals surface area contributed by atoms with E-state index in [4.69, 9.17) is 9.84 Å². The molecule has 4 nitrogen and oxygen atoms in total. The molecule has 1 heterocycles. The van der Waals surface area contributed by atoms with Crippen LogP contribution in [0.5, 0.6) is 0 Å². The standard InChI is InChI=1S/C9H17NO3/c1-2-3-4-13-9(12)8-5-7(11)6-10-8/h7-8,10-11H,2-6H2,1H3/t7?,8-/m0/s1. The maximum atomic E-state index is 11.3. The predicted molar refractivity (Wildman–Crippen MR) is 48.3 cm³/mol. The molecule has 0 saturated carbocycles. The van der Waals surface area contributed by atoms with Crippen molar-refractivity contribution in [2.24, 2.45) is 0 Å². The Morgan fingerprint density at radius 3 is 3.00 bits per heavy atom. The third-order valence-electron chi connectivity index (χ3n) is 2.13. The van der Waals surface area contributed by atoms with Gasteiger partial charge < -0.3 is 15.2 Å². The van der Waals surface area contributed by atoms with Crippen LogP contribution in [0.25, 0.3) is 0 Å². The fraction of sp³-hybridized carbons (Fsp3) is 0.889. The lowest BCUT2D eigenvalue weighted by atomic mass is 10.2. The van der Waals surface area contributed by atoms with E-state index in [0.717, 1.165) is 12.8 Å². The zero-order valence-electron chi connectivity index (χ0n) is 7.95. The molecule has 0 amide bonds. The number of aliphatic hydroxyl groups is 1. The number of carbonyl (C=O) groups excluding carboxylic acids is 1. The third kappa shape index (κ3) is 3.32. The van der Waals surface area contributed by atoms with Crippen LogP contribution in [0.4, 0.5) is 0 Å². The maximum absolute atomic E-state index is 11.3. The minimum Gasteiger partial charge on any atom is -0.465 e. The quantitative estimate of drug-likeness (QED) is 0.482. The molecule has 2 atom stereocenters. The van der Waals surface area contributed by atoms with E-state index < -0.39 is 6.10 Å². The highest BCUT2D eigenvalue weighted by molar-refractivity contribution is 5.76. The summed E-state index contributed by atoms with van der Waals surface area (Å²) in [4.78, 5) is 11.3. The normalized spacial score (nSPS) is 27.5. The summed E-state index contributed by atoms with van der Waals surface area (Å²) in [6, 6.07) is -0.299. The Balaban J connectivity index is 2.16. The van der Waals surface area contributed by atoms with Crippen LogP contribution in [-0.4, -0.2) is 36.4 Å². The van der Waals surface area contributed by atoms with Crippen molar-refractivity contribution in [1.82, 2.24) is 5.32 Å². The molecule has 1 rings (SSSR count). The van der Waals surface area contributed by atoms with Crippen LogP contribution in [0.15, 0.2) is 0 Å². The molecule has 2 N–H and O–H groups in total. The molecule has 0 aromatic carbocycles. The van der Waals surface area contributed by atoms with Gasteiger partial charge in [-0.15, -0.1) is 0 Å². The molecule has 1 unspecified atom stereocenters. The Hall–Kier alpha value is -0.610. The molecule has 1 saturated heterocycles. The first-order valence-electron chi connectivity index (χ1n) is 4.82. The number of aliphatic hydroxyl groups excluding tert-OH is 1. The highest BCUT2D eigenvalue weighted by atomic mass is 16.5. The number of β-amino-alcohol motifs (C(OH)–C–C–N with tert-alkyl or cyclic N) is 1. The first kappa shape index (κ1) is 10.5. The Morgan fingerprint density at radius 2 is 2.46 bits per heavy atom. The number of nitrogens with one attached hydrogen (secondary N) is 1. The molecule has 76 valence electrons. The van der Waals surface area contributed by atoms with Gasteiger partial charge in [-0.2, -0.15) is 0 Å². The number of unbranched alkanes of at least 4 members (excludes halogenated alkanes) is 1. The smallest absolute Gasteiger partial charge is 0.323 e. The third-order valence-corrected chi connectivity index (χ3v) is 2.13. The fourth-order valence-corrected chi connectivity index (χ4v) is 1.31. The van der Waals surface area contributed by atoms with Crippen molar-refractivity contribution in [2.45, 2.75) is 38.3 Å². The molecule has 0 radical (unpaired) electrons. The van der Waals surface area contributed by atoms with E-state index in [-0.39, 0.29) is 12.0 Å². The van der Waals surface area contributed by atoms with E-state index in [9.17, 15) is 4.79 Å². The summed E-state index contributed by atoms with van der Waals surface area (Å²) in [5.41, 5.74) is 0. The number of esters is 1. The average Bonchev–Trinajstić information content (AvgIpc) is 2.52. The van der Waals surface area contributed by atoms with E-state index in [0.29, 0.717) is 19.6 Å². The zero-order valence-corrected chi connectivity index (χ0v) is 7.95. The van der Waals surface area contributed by atoms with Crippen LogP contribution in [-0.2, 0) is 9.53 Å². The van der Waals surface area contributed by atoms with E-state index >= 15 is 0 Å². The van der Waals surface area contributed by atoms with Crippen molar-refractivity contribution < 1.29 is 14.6 Å². The van der Waals surface area contributed by atoms with Crippen LogP contribution >= 0.6 is 0 Å².